The van der Waals surface area contributed by atoms with Gasteiger partial charge in [0.1, 0.15) is 0 Å². The number of carboxylic acid groups (broad SMARTS) is 1. The van der Waals surface area contributed by atoms with Gasteiger partial charge in [-0.3, -0.25) is 4.79 Å². The molecular formula is C8H14N4O2. The first kappa shape index (κ1) is 10.6. The third-order valence-electron chi connectivity index (χ3n) is 2.05. The zero-order valence-electron chi connectivity index (χ0n) is 8.56. The number of tetrazole rings is 1. The van der Waals surface area contributed by atoms with E-state index in [1.807, 2.05) is 6.92 Å². The molecule has 6 nitrogen and oxygen atoms in total. The number of aromatic nitrogens is 4. The maximum Gasteiger partial charge on any atom is 0.310 e. The van der Waals surface area contributed by atoms with Crippen molar-refractivity contribution in [1.82, 2.24) is 20.2 Å². The van der Waals surface area contributed by atoms with Gasteiger partial charge in [-0.1, -0.05) is 6.92 Å². The fourth-order valence-electron chi connectivity index (χ4n) is 1.04. The predicted molar refractivity (Wildman–Crippen MR) is 48.6 cm³/mol. The highest BCUT2D eigenvalue weighted by molar-refractivity contribution is 5.73. The van der Waals surface area contributed by atoms with Crippen molar-refractivity contribution < 1.29 is 9.90 Å². The first-order valence-corrected chi connectivity index (χ1v) is 4.46. The van der Waals surface area contributed by atoms with Crippen molar-refractivity contribution in [3.8, 4) is 0 Å². The topological polar surface area (TPSA) is 80.9 Å². The molecule has 0 fully saturated rings. The van der Waals surface area contributed by atoms with Crippen LogP contribution in [-0.4, -0.2) is 31.3 Å². The molecule has 0 saturated carbocycles. The van der Waals surface area contributed by atoms with Gasteiger partial charge in [-0.15, -0.1) is 5.10 Å². The van der Waals surface area contributed by atoms with Crippen LogP contribution in [0.3, 0.4) is 0 Å². The number of aryl methyl sites for hydroxylation is 1. The van der Waals surface area contributed by atoms with Crippen LogP contribution in [0.4, 0.5) is 0 Å². The number of rotatable bonds is 4. The van der Waals surface area contributed by atoms with E-state index >= 15 is 0 Å². The average Bonchev–Trinajstić information content (AvgIpc) is 2.50. The monoisotopic (exact) mass is 198 g/mol. The Kier molecular flexibility index (Phi) is 2.83. The normalized spacial score (nSPS) is 11.6. The van der Waals surface area contributed by atoms with Gasteiger partial charge in [0.2, 0.25) is 0 Å². The van der Waals surface area contributed by atoms with Crippen LogP contribution in [-0.2, 0) is 17.8 Å². The molecule has 0 unspecified atom stereocenters. The number of carboxylic acids is 1. The maximum absolute atomic E-state index is 10.9. The molecule has 0 aliphatic rings. The van der Waals surface area contributed by atoms with Gasteiger partial charge in [0, 0.05) is 6.42 Å². The van der Waals surface area contributed by atoms with Crippen LogP contribution in [0.2, 0.25) is 0 Å². The van der Waals surface area contributed by atoms with E-state index < -0.39 is 11.4 Å². The van der Waals surface area contributed by atoms with Crippen LogP contribution in [0.25, 0.3) is 0 Å². The highest BCUT2D eigenvalue weighted by atomic mass is 16.4. The summed E-state index contributed by atoms with van der Waals surface area (Å²) >= 11 is 0. The van der Waals surface area contributed by atoms with E-state index in [1.54, 1.807) is 13.8 Å². The van der Waals surface area contributed by atoms with Crippen molar-refractivity contribution in [3.63, 3.8) is 0 Å². The largest absolute Gasteiger partial charge is 0.481 e. The lowest BCUT2D eigenvalue weighted by Gasteiger charge is -2.18. The second-order valence-corrected chi connectivity index (χ2v) is 3.80. The Labute approximate surface area is 81.9 Å². The second-order valence-electron chi connectivity index (χ2n) is 3.80. The van der Waals surface area contributed by atoms with Crippen LogP contribution in [0, 0.1) is 5.41 Å². The summed E-state index contributed by atoms with van der Waals surface area (Å²) in [5.41, 5.74) is -0.848. The van der Waals surface area contributed by atoms with Crippen molar-refractivity contribution in [3.05, 3.63) is 5.82 Å². The molecule has 0 aromatic carbocycles. The highest BCUT2D eigenvalue weighted by Gasteiger charge is 2.29. The Morgan fingerprint density at radius 3 is 2.71 bits per heavy atom. The van der Waals surface area contributed by atoms with Crippen molar-refractivity contribution in [1.29, 1.82) is 0 Å². The maximum atomic E-state index is 10.9. The lowest BCUT2D eigenvalue weighted by Crippen LogP contribution is -2.30. The molecule has 1 aromatic rings. The zero-order chi connectivity index (χ0) is 10.8. The van der Waals surface area contributed by atoms with Gasteiger partial charge in [0.25, 0.3) is 0 Å². The van der Waals surface area contributed by atoms with E-state index in [9.17, 15) is 4.79 Å². The van der Waals surface area contributed by atoms with E-state index in [-0.39, 0.29) is 0 Å². The van der Waals surface area contributed by atoms with Gasteiger partial charge in [-0.25, -0.2) is 4.68 Å². The summed E-state index contributed by atoms with van der Waals surface area (Å²) < 4.78 is 1.54. The lowest BCUT2D eigenvalue weighted by molar-refractivity contribution is -0.147. The molecule has 0 amide bonds. The molecule has 14 heavy (non-hydrogen) atoms. The molecule has 0 aliphatic heterocycles. The summed E-state index contributed by atoms with van der Waals surface area (Å²) in [6, 6.07) is 0. The molecule has 1 heterocycles. The molecule has 1 N–H and O–H groups in total. The molecule has 1 aromatic heterocycles. The fourth-order valence-corrected chi connectivity index (χ4v) is 1.04. The van der Waals surface area contributed by atoms with Crippen LogP contribution < -0.4 is 0 Å². The quantitative estimate of drug-likeness (QED) is 0.754. The summed E-state index contributed by atoms with van der Waals surface area (Å²) in [6.07, 6.45) is 0.697. The Morgan fingerprint density at radius 2 is 2.21 bits per heavy atom. The predicted octanol–water partition coefficient (Wildman–Crippen LogP) is 0.346. The molecule has 78 valence electrons. The van der Waals surface area contributed by atoms with Crippen LogP contribution in [0.15, 0.2) is 0 Å². The first-order valence-electron chi connectivity index (χ1n) is 4.46. The van der Waals surface area contributed by atoms with Crippen molar-refractivity contribution in [2.45, 2.75) is 33.7 Å². The summed E-state index contributed by atoms with van der Waals surface area (Å²) in [6.45, 7) is 5.52. The molecule has 0 aliphatic carbocycles. The molecule has 0 saturated heterocycles. The van der Waals surface area contributed by atoms with Gasteiger partial charge in [0.05, 0.1) is 12.0 Å². The third kappa shape index (κ3) is 2.07. The SMILES string of the molecule is CCc1nnnn1CC(C)(C)C(=O)O. The smallest absolute Gasteiger partial charge is 0.310 e. The van der Waals surface area contributed by atoms with Gasteiger partial charge < -0.3 is 5.11 Å². The minimum atomic E-state index is -0.852. The summed E-state index contributed by atoms with van der Waals surface area (Å²) in [7, 11) is 0. The number of aliphatic carboxylic acids is 1. The molecule has 0 spiro atoms. The third-order valence-corrected chi connectivity index (χ3v) is 2.05. The Balaban J connectivity index is 2.83. The number of carbonyl (C=O) groups is 1. The fraction of sp³-hybridized carbons (Fsp3) is 0.750. The van der Waals surface area contributed by atoms with Crippen molar-refractivity contribution >= 4 is 5.97 Å². The van der Waals surface area contributed by atoms with Gasteiger partial charge in [-0.05, 0) is 24.3 Å². The van der Waals surface area contributed by atoms with Crippen LogP contribution >= 0.6 is 0 Å². The van der Waals surface area contributed by atoms with E-state index in [0.717, 1.165) is 0 Å². The van der Waals surface area contributed by atoms with Crippen LogP contribution in [0.1, 0.15) is 26.6 Å². The molecule has 0 bridgehead atoms. The minimum Gasteiger partial charge on any atom is -0.481 e. The minimum absolute atomic E-state index is 0.290. The van der Waals surface area contributed by atoms with Crippen molar-refractivity contribution in [2.24, 2.45) is 5.41 Å². The van der Waals surface area contributed by atoms with Gasteiger partial charge in [-0.2, -0.15) is 0 Å². The average molecular weight is 198 g/mol. The molecule has 6 heteroatoms. The Bertz CT molecular complexity index is 332. The molecular weight excluding hydrogens is 184 g/mol. The Morgan fingerprint density at radius 1 is 1.57 bits per heavy atom. The standard InChI is InChI=1S/C8H14N4O2/c1-4-6-9-10-11-12(6)5-8(2,3)7(13)14/h4-5H2,1-3H3,(H,13,14). The number of hydrogen-bond donors (Lipinski definition) is 1. The summed E-state index contributed by atoms with van der Waals surface area (Å²) in [5, 5.41) is 20.0. The lowest BCUT2D eigenvalue weighted by atomic mass is 9.94. The van der Waals surface area contributed by atoms with Gasteiger partial charge >= 0.3 is 5.97 Å². The number of nitrogens with zero attached hydrogens (tertiary/aromatic N) is 4. The summed E-state index contributed by atoms with van der Waals surface area (Å²) in [5.74, 6) is -0.144. The highest BCUT2D eigenvalue weighted by Crippen LogP contribution is 2.18. The summed E-state index contributed by atoms with van der Waals surface area (Å²) in [4.78, 5) is 10.9. The molecule has 1 rings (SSSR count). The van der Waals surface area contributed by atoms with Crippen molar-refractivity contribution in [2.75, 3.05) is 0 Å². The molecule has 0 atom stereocenters. The number of hydrogen-bond acceptors (Lipinski definition) is 4. The first-order chi connectivity index (χ1) is 6.47. The van der Waals surface area contributed by atoms with E-state index in [0.29, 0.717) is 18.8 Å². The molecule has 0 radical (unpaired) electrons. The van der Waals surface area contributed by atoms with E-state index in [2.05, 4.69) is 15.5 Å². The van der Waals surface area contributed by atoms with Crippen LogP contribution in [0.5, 0.6) is 0 Å². The zero-order valence-corrected chi connectivity index (χ0v) is 8.56. The Hall–Kier alpha value is -1.46. The van der Waals surface area contributed by atoms with E-state index in [4.69, 9.17) is 5.11 Å². The second kappa shape index (κ2) is 3.73. The van der Waals surface area contributed by atoms with Gasteiger partial charge in [0.15, 0.2) is 5.82 Å². The van der Waals surface area contributed by atoms with E-state index in [1.165, 1.54) is 4.68 Å².